The molecule has 3 aromatic carbocycles. The minimum Gasteiger partial charge on any atom is -0.489 e. The van der Waals surface area contributed by atoms with Crippen LogP contribution in [0.3, 0.4) is 0 Å². The number of nitrogens with two attached hydrogens (primary N) is 1. The smallest absolute Gasteiger partial charge is 0.244 e. The lowest BCUT2D eigenvalue weighted by Crippen LogP contribution is -2.19. The molecule has 1 amide bonds. The number of hydrogen-bond donors (Lipinski definition) is 2. The van der Waals surface area contributed by atoms with E-state index in [0.717, 1.165) is 22.4 Å². The van der Waals surface area contributed by atoms with Crippen LogP contribution in [0.5, 0.6) is 5.75 Å². The fourth-order valence-corrected chi connectivity index (χ4v) is 2.50. The number of nitrogen functional groups attached to an aromatic ring is 1. The number of nitrogens with one attached hydrogen (secondary N) is 1. The van der Waals surface area contributed by atoms with Gasteiger partial charge in [0.25, 0.3) is 0 Å². The molecule has 0 spiro atoms. The number of hydrazone groups is 1. The number of anilines is 1. The van der Waals surface area contributed by atoms with E-state index in [0.29, 0.717) is 12.3 Å². The zero-order chi connectivity index (χ0) is 18.9. The first-order chi connectivity index (χ1) is 13.2. The molecule has 5 heteroatoms. The molecule has 0 aliphatic heterocycles. The summed E-state index contributed by atoms with van der Waals surface area (Å²) in [5, 5.41) is 4.07. The van der Waals surface area contributed by atoms with Crippen molar-refractivity contribution in [1.29, 1.82) is 0 Å². The zero-order valence-electron chi connectivity index (χ0n) is 14.8. The Balaban J connectivity index is 1.56. The van der Waals surface area contributed by atoms with Crippen molar-refractivity contribution in [3.63, 3.8) is 0 Å². The highest BCUT2D eigenvalue weighted by atomic mass is 16.5. The molecule has 3 rings (SSSR count). The van der Waals surface area contributed by atoms with Crippen molar-refractivity contribution in [2.75, 3.05) is 5.73 Å². The summed E-state index contributed by atoms with van der Waals surface area (Å²) in [5.74, 6) is 0.620. The first kappa shape index (κ1) is 18.2. The normalized spacial score (nSPS) is 10.7. The first-order valence-electron chi connectivity index (χ1n) is 8.63. The number of ether oxygens (including phenoxy) is 1. The van der Waals surface area contributed by atoms with Crippen molar-refractivity contribution in [2.24, 2.45) is 5.10 Å². The lowest BCUT2D eigenvalue weighted by molar-refractivity contribution is -0.120. The van der Waals surface area contributed by atoms with Gasteiger partial charge in [-0.1, -0.05) is 54.6 Å². The van der Waals surface area contributed by atoms with Crippen LogP contribution in [-0.2, 0) is 17.8 Å². The van der Waals surface area contributed by atoms with Gasteiger partial charge in [0.15, 0.2) is 0 Å². The van der Waals surface area contributed by atoms with Gasteiger partial charge >= 0.3 is 0 Å². The van der Waals surface area contributed by atoms with E-state index in [1.165, 1.54) is 0 Å². The van der Waals surface area contributed by atoms with Gasteiger partial charge < -0.3 is 10.5 Å². The van der Waals surface area contributed by atoms with Gasteiger partial charge in [0, 0.05) is 11.3 Å². The van der Waals surface area contributed by atoms with Gasteiger partial charge in [0.1, 0.15) is 12.4 Å². The molecule has 0 bridgehead atoms. The number of amides is 1. The van der Waals surface area contributed by atoms with E-state index in [9.17, 15) is 4.79 Å². The van der Waals surface area contributed by atoms with Crippen LogP contribution in [0.25, 0.3) is 0 Å². The van der Waals surface area contributed by atoms with Crippen LogP contribution in [0.1, 0.15) is 16.7 Å². The maximum Gasteiger partial charge on any atom is 0.244 e. The summed E-state index contributed by atoms with van der Waals surface area (Å²) in [4.78, 5) is 12.0. The molecule has 0 fully saturated rings. The molecule has 0 radical (unpaired) electrons. The molecule has 3 aromatic rings. The van der Waals surface area contributed by atoms with Gasteiger partial charge in [-0.3, -0.25) is 4.79 Å². The summed E-state index contributed by atoms with van der Waals surface area (Å²) >= 11 is 0. The largest absolute Gasteiger partial charge is 0.489 e. The van der Waals surface area contributed by atoms with Gasteiger partial charge in [-0.2, -0.15) is 5.10 Å². The fourth-order valence-electron chi connectivity index (χ4n) is 2.50. The van der Waals surface area contributed by atoms with Gasteiger partial charge in [-0.15, -0.1) is 0 Å². The second-order valence-electron chi connectivity index (χ2n) is 6.01. The Morgan fingerprint density at radius 1 is 0.963 bits per heavy atom. The summed E-state index contributed by atoms with van der Waals surface area (Å²) in [6.45, 7) is 0.422. The number of carbonyl (C=O) groups is 1. The molecule has 0 aromatic heterocycles. The van der Waals surface area contributed by atoms with Gasteiger partial charge in [0.2, 0.25) is 5.91 Å². The van der Waals surface area contributed by atoms with Crippen LogP contribution in [0.2, 0.25) is 0 Å². The third-order valence-corrected chi connectivity index (χ3v) is 3.93. The molecule has 5 nitrogen and oxygen atoms in total. The van der Waals surface area contributed by atoms with E-state index >= 15 is 0 Å². The second-order valence-corrected chi connectivity index (χ2v) is 6.01. The average molecular weight is 359 g/mol. The van der Waals surface area contributed by atoms with Crippen molar-refractivity contribution in [1.82, 2.24) is 5.43 Å². The van der Waals surface area contributed by atoms with Crippen molar-refractivity contribution in [2.45, 2.75) is 13.0 Å². The molecule has 0 saturated heterocycles. The van der Waals surface area contributed by atoms with E-state index < -0.39 is 0 Å². The third-order valence-electron chi connectivity index (χ3n) is 3.93. The zero-order valence-corrected chi connectivity index (χ0v) is 14.8. The Bertz CT molecular complexity index is 906. The molecule has 0 aliphatic rings. The monoisotopic (exact) mass is 359 g/mol. The fraction of sp³-hybridized carbons (Fsp3) is 0.0909. The quantitative estimate of drug-likeness (QED) is 0.385. The number of para-hydroxylation sites is 1. The van der Waals surface area contributed by atoms with E-state index in [1.807, 2.05) is 66.7 Å². The van der Waals surface area contributed by atoms with Crippen molar-refractivity contribution in [3.05, 3.63) is 95.6 Å². The highest BCUT2D eigenvalue weighted by Gasteiger charge is 2.03. The predicted octanol–water partition coefficient (Wildman–Crippen LogP) is 3.54. The average Bonchev–Trinajstić information content (AvgIpc) is 2.70. The molecule has 0 heterocycles. The van der Waals surface area contributed by atoms with Crippen LogP contribution in [-0.4, -0.2) is 12.1 Å². The molecular weight excluding hydrogens is 338 g/mol. The van der Waals surface area contributed by atoms with Crippen molar-refractivity contribution >= 4 is 17.8 Å². The highest BCUT2D eigenvalue weighted by Crippen LogP contribution is 2.13. The molecular formula is C22H21N3O2. The molecule has 3 N–H and O–H groups in total. The van der Waals surface area contributed by atoms with E-state index in [2.05, 4.69) is 10.5 Å². The Hall–Kier alpha value is -3.60. The van der Waals surface area contributed by atoms with E-state index in [4.69, 9.17) is 10.5 Å². The number of rotatable bonds is 7. The molecule has 0 unspecified atom stereocenters. The van der Waals surface area contributed by atoms with Crippen molar-refractivity contribution in [3.8, 4) is 5.75 Å². The number of hydrogen-bond acceptors (Lipinski definition) is 4. The predicted molar refractivity (Wildman–Crippen MR) is 108 cm³/mol. The van der Waals surface area contributed by atoms with Crippen LogP contribution < -0.4 is 15.9 Å². The molecule has 0 aliphatic carbocycles. The maximum atomic E-state index is 12.0. The molecule has 136 valence electrons. The summed E-state index contributed by atoms with van der Waals surface area (Å²) < 4.78 is 5.79. The van der Waals surface area contributed by atoms with Gasteiger partial charge in [0.05, 0.1) is 12.6 Å². The topological polar surface area (TPSA) is 76.7 Å². The maximum absolute atomic E-state index is 12.0. The molecule has 0 atom stereocenters. The SMILES string of the molecule is Nc1ccc(CC(=O)N/N=C\c2ccccc2COc2ccccc2)cc1. The van der Waals surface area contributed by atoms with Gasteiger partial charge in [-0.05, 0) is 35.4 Å². The summed E-state index contributed by atoms with van der Waals surface area (Å²) in [6.07, 6.45) is 1.88. The Labute approximate surface area is 158 Å². The second kappa shape index (κ2) is 9.20. The first-order valence-corrected chi connectivity index (χ1v) is 8.63. The van der Waals surface area contributed by atoms with Crippen molar-refractivity contribution < 1.29 is 9.53 Å². The van der Waals surface area contributed by atoms with Crippen LogP contribution in [0, 0.1) is 0 Å². The summed E-state index contributed by atoms with van der Waals surface area (Å²) in [6, 6.07) is 24.6. The Kier molecular flexibility index (Phi) is 6.20. The Morgan fingerprint density at radius 3 is 2.44 bits per heavy atom. The minimum atomic E-state index is -0.186. The summed E-state index contributed by atoms with van der Waals surface area (Å²) in [5.41, 5.74) is 11.6. The van der Waals surface area contributed by atoms with Gasteiger partial charge in [-0.25, -0.2) is 5.43 Å². The lowest BCUT2D eigenvalue weighted by Gasteiger charge is -2.08. The molecule has 0 saturated carbocycles. The van der Waals surface area contributed by atoms with E-state index in [-0.39, 0.29) is 12.3 Å². The summed E-state index contributed by atoms with van der Waals surface area (Å²) in [7, 11) is 0. The third kappa shape index (κ3) is 5.71. The Morgan fingerprint density at radius 2 is 1.67 bits per heavy atom. The van der Waals surface area contributed by atoms with Crippen LogP contribution in [0.15, 0.2) is 84.0 Å². The lowest BCUT2D eigenvalue weighted by atomic mass is 10.1. The number of nitrogens with zero attached hydrogens (tertiary/aromatic N) is 1. The molecule has 27 heavy (non-hydrogen) atoms. The minimum absolute atomic E-state index is 0.186. The highest BCUT2D eigenvalue weighted by molar-refractivity contribution is 5.84. The van der Waals surface area contributed by atoms with Crippen LogP contribution >= 0.6 is 0 Å². The van der Waals surface area contributed by atoms with E-state index in [1.54, 1.807) is 18.3 Å². The number of carbonyl (C=O) groups excluding carboxylic acids is 1. The number of benzene rings is 3. The standard InChI is InChI=1S/C22H21N3O2/c23-20-12-10-17(11-13-20)14-22(26)25-24-15-18-6-4-5-7-19(18)16-27-21-8-2-1-3-9-21/h1-13,15H,14,16,23H2,(H,25,26)/b24-15-. The van der Waals surface area contributed by atoms with Crippen LogP contribution in [0.4, 0.5) is 5.69 Å².